The molecule has 8 nitrogen and oxygen atoms in total. The maximum atomic E-state index is 12.3. The Morgan fingerprint density at radius 2 is 1.77 bits per heavy atom. The predicted molar refractivity (Wildman–Crippen MR) is 113 cm³/mol. The fourth-order valence-corrected chi connectivity index (χ4v) is 3.21. The molecule has 0 N–H and O–H groups in total. The number of aromatic nitrogens is 6. The van der Waals surface area contributed by atoms with Gasteiger partial charge < -0.3 is 4.74 Å². The van der Waals surface area contributed by atoms with Crippen molar-refractivity contribution in [2.24, 2.45) is 7.05 Å². The molecule has 8 heteroatoms. The Balaban J connectivity index is 1.60. The van der Waals surface area contributed by atoms with Crippen LogP contribution in [-0.2, 0) is 13.7 Å². The maximum absolute atomic E-state index is 12.3. The van der Waals surface area contributed by atoms with E-state index < -0.39 is 0 Å². The van der Waals surface area contributed by atoms with Gasteiger partial charge in [-0.05, 0) is 78.7 Å². The van der Waals surface area contributed by atoms with Crippen LogP contribution in [0.1, 0.15) is 22.4 Å². The van der Waals surface area contributed by atoms with Crippen molar-refractivity contribution >= 4 is 0 Å². The van der Waals surface area contributed by atoms with E-state index in [1.807, 2.05) is 69.3 Å². The van der Waals surface area contributed by atoms with E-state index in [9.17, 15) is 4.79 Å². The van der Waals surface area contributed by atoms with Crippen LogP contribution >= 0.6 is 0 Å². The molecule has 0 aliphatic carbocycles. The summed E-state index contributed by atoms with van der Waals surface area (Å²) in [5.74, 6) is 0.763. The van der Waals surface area contributed by atoms with Gasteiger partial charge in [0, 0.05) is 18.2 Å². The summed E-state index contributed by atoms with van der Waals surface area (Å²) in [6.07, 6.45) is 0. The third kappa shape index (κ3) is 3.71. The van der Waals surface area contributed by atoms with Crippen LogP contribution < -0.4 is 10.4 Å². The zero-order valence-electron chi connectivity index (χ0n) is 17.3. The summed E-state index contributed by atoms with van der Waals surface area (Å²) in [4.78, 5) is 12.3. The van der Waals surface area contributed by atoms with Crippen molar-refractivity contribution in [3.8, 4) is 22.7 Å². The Morgan fingerprint density at radius 1 is 0.933 bits per heavy atom. The molecule has 0 fully saturated rings. The zero-order chi connectivity index (χ0) is 21.3. The molecule has 0 spiro atoms. The van der Waals surface area contributed by atoms with E-state index in [0.29, 0.717) is 12.3 Å². The third-order valence-corrected chi connectivity index (χ3v) is 4.98. The molecule has 152 valence electrons. The Labute approximate surface area is 173 Å². The van der Waals surface area contributed by atoms with Gasteiger partial charge in [0.1, 0.15) is 12.4 Å². The standard InChI is InChI=1S/C22H22N6O2/c1-14-6-5-7-20(28-22(29)27(4)25-26-28)18(14)13-30-21-11-9-17(12-15(21)2)19-10-8-16(3)23-24-19/h5-12H,13H2,1-4H3. The van der Waals surface area contributed by atoms with Gasteiger partial charge in [-0.15, -0.1) is 0 Å². The molecule has 0 saturated heterocycles. The van der Waals surface area contributed by atoms with Crippen molar-refractivity contribution < 1.29 is 4.74 Å². The summed E-state index contributed by atoms with van der Waals surface area (Å²) in [7, 11) is 1.57. The Morgan fingerprint density at radius 3 is 2.43 bits per heavy atom. The van der Waals surface area contributed by atoms with Gasteiger partial charge in [-0.3, -0.25) is 0 Å². The lowest BCUT2D eigenvalue weighted by Gasteiger charge is -2.14. The first-order valence-electron chi connectivity index (χ1n) is 9.56. The highest BCUT2D eigenvalue weighted by Gasteiger charge is 2.14. The van der Waals surface area contributed by atoms with Gasteiger partial charge in [-0.2, -0.15) is 19.6 Å². The Hall–Kier alpha value is -3.81. The van der Waals surface area contributed by atoms with Crippen LogP contribution in [-0.4, -0.2) is 30.0 Å². The van der Waals surface area contributed by atoms with E-state index in [0.717, 1.165) is 39.4 Å². The van der Waals surface area contributed by atoms with E-state index in [2.05, 4.69) is 20.6 Å². The van der Waals surface area contributed by atoms with Crippen LogP contribution in [0.2, 0.25) is 0 Å². The largest absolute Gasteiger partial charge is 0.489 e. The zero-order valence-corrected chi connectivity index (χ0v) is 17.3. The maximum Gasteiger partial charge on any atom is 0.368 e. The highest BCUT2D eigenvalue weighted by atomic mass is 16.5. The minimum absolute atomic E-state index is 0.301. The number of rotatable bonds is 5. The number of hydrogen-bond donors (Lipinski definition) is 0. The monoisotopic (exact) mass is 402 g/mol. The molecular formula is C22H22N6O2. The van der Waals surface area contributed by atoms with Crippen molar-refractivity contribution in [3.05, 3.63) is 81.4 Å². The SMILES string of the molecule is Cc1ccc(-c2ccc(OCc3c(C)cccc3-n3nnn(C)c3=O)c(C)c2)nn1. The fraction of sp³-hybridized carbons (Fsp3) is 0.227. The van der Waals surface area contributed by atoms with Gasteiger partial charge in [0.2, 0.25) is 0 Å². The first-order valence-corrected chi connectivity index (χ1v) is 9.56. The minimum atomic E-state index is -0.304. The first-order chi connectivity index (χ1) is 14.4. The van der Waals surface area contributed by atoms with Gasteiger partial charge in [-0.25, -0.2) is 4.79 Å². The first kappa shape index (κ1) is 19.5. The number of benzene rings is 2. The number of hydrogen-bond acceptors (Lipinski definition) is 6. The van der Waals surface area contributed by atoms with E-state index in [4.69, 9.17) is 4.74 Å². The fourth-order valence-electron chi connectivity index (χ4n) is 3.21. The lowest BCUT2D eigenvalue weighted by molar-refractivity contribution is 0.302. The van der Waals surface area contributed by atoms with Crippen LogP contribution in [0, 0.1) is 20.8 Å². The van der Waals surface area contributed by atoms with Gasteiger partial charge in [0.05, 0.1) is 17.1 Å². The molecule has 4 aromatic rings. The summed E-state index contributed by atoms with van der Waals surface area (Å²) in [5.41, 5.74) is 5.92. The summed E-state index contributed by atoms with van der Waals surface area (Å²) in [6.45, 7) is 6.19. The van der Waals surface area contributed by atoms with Gasteiger partial charge >= 0.3 is 5.69 Å². The second-order valence-electron chi connectivity index (χ2n) is 7.20. The van der Waals surface area contributed by atoms with Crippen molar-refractivity contribution in [1.29, 1.82) is 0 Å². The van der Waals surface area contributed by atoms with Crippen LogP contribution in [0.5, 0.6) is 5.75 Å². The highest BCUT2D eigenvalue weighted by Crippen LogP contribution is 2.27. The molecule has 0 saturated carbocycles. The van der Waals surface area contributed by atoms with Crippen LogP contribution in [0.15, 0.2) is 53.3 Å². The molecule has 2 aromatic heterocycles. The molecule has 0 amide bonds. The number of ether oxygens (including phenoxy) is 1. The number of tetrazole rings is 1. The molecule has 0 aliphatic heterocycles. The second-order valence-corrected chi connectivity index (χ2v) is 7.20. The second kappa shape index (κ2) is 7.90. The van der Waals surface area contributed by atoms with Gasteiger partial charge in [-0.1, -0.05) is 12.1 Å². The van der Waals surface area contributed by atoms with Crippen molar-refractivity contribution in [2.75, 3.05) is 0 Å². The van der Waals surface area contributed by atoms with Crippen LogP contribution in [0.25, 0.3) is 16.9 Å². The molecule has 30 heavy (non-hydrogen) atoms. The molecule has 0 atom stereocenters. The molecule has 0 radical (unpaired) electrons. The van der Waals surface area contributed by atoms with E-state index >= 15 is 0 Å². The predicted octanol–water partition coefficient (Wildman–Crippen LogP) is 2.93. The van der Waals surface area contributed by atoms with Gasteiger partial charge in [0.25, 0.3) is 0 Å². The van der Waals surface area contributed by atoms with Crippen molar-refractivity contribution in [3.63, 3.8) is 0 Å². The lowest BCUT2D eigenvalue weighted by atomic mass is 10.1. The van der Waals surface area contributed by atoms with Crippen LogP contribution in [0.3, 0.4) is 0 Å². The highest BCUT2D eigenvalue weighted by molar-refractivity contribution is 5.61. The van der Waals surface area contributed by atoms with Crippen molar-refractivity contribution in [2.45, 2.75) is 27.4 Å². The number of nitrogens with zero attached hydrogens (tertiary/aromatic N) is 6. The lowest BCUT2D eigenvalue weighted by Crippen LogP contribution is -2.23. The van der Waals surface area contributed by atoms with E-state index in [-0.39, 0.29) is 5.69 Å². The molecule has 0 aliphatic rings. The average Bonchev–Trinajstić information content (AvgIpc) is 3.07. The molecule has 2 heterocycles. The Bertz CT molecular complexity index is 1260. The minimum Gasteiger partial charge on any atom is -0.489 e. The molecule has 4 rings (SSSR count). The smallest absolute Gasteiger partial charge is 0.368 e. The normalized spacial score (nSPS) is 10.9. The molecule has 0 bridgehead atoms. The summed E-state index contributed by atoms with van der Waals surface area (Å²) < 4.78 is 8.60. The quantitative estimate of drug-likeness (QED) is 0.510. The Kier molecular flexibility index (Phi) is 5.14. The molecular weight excluding hydrogens is 380 g/mol. The van der Waals surface area contributed by atoms with E-state index in [1.54, 1.807) is 7.05 Å². The third-order valence-electron chi connectivity index (χ3n) is 4.98. The molecule has 0 unspecified atom stereocenters. The van der Waals surface area contributed by atoms with Crippen LogP contribution in [0.4, 0.5) is 0 Å². The van der Waals surface area contributed by atoms with Gasteiger partial charge in [0.15, 0.2) is 0 Å². The number of aryl methyl sites for hydroxylation is 4. The summed E-state index contributed by atoms with van der Waals surface area (Å²) in [6, 6.07) is 15.5. The van der Waals surface area contributed by atoms with E-state index in [1.165, 1.54) is 9.36 Å². The topological polar surface area (TPSA) is 87.7 Å². The van der Waals surface area contributed by atoms with Crippen molar-refractivity contribution in [1.82, 2.24) is 30.0 Å². The summed E-state index contributed by atoms with van der Waals surface area (Å²) in [5, 5.41) is 16.1. The average molecular weight is 402 g/mol. The molecule has 2 aromatic carbocycles. The summed E-state index contributed by atoms with van der Waals surface area (Å²) >= 11 is 0.